The Labute approximate surface area is 89.7 Å². The lowest BCUT2D eigenvalue weighted by Crippen LogP contribution is -2.37. The first-order valence-electron chi connectivity index (χ1n) is 5.15. The Bertz CT molecular complexity index is 321. The molecule has 15 heavy (non-hydrogen) atoms. The van der Waals surface area contributed by atoms with Crippen molar-refractivity contribution in [2.75, 3.05) is 6.54 Å². The fraction of sp³-hybridized carbons (Fsp3) is 0.600. The average Bonchev–Trinajstić information content (AvgIpc) is 2.62. The van der Waals surface area contributed by atoms with Crippen molar-refractivity contribution in [3.05, 3.63) is 18.2 Å². The Kier molecular flexibility index (Phi) is 4.30. The molecule has 1 atom stereocenters. The van der Waals surface area contributed by atoms with Crippen LogP contribution in [0.25, 0.3) is 0 Å². The molecule has 1 aromatic rings. The second-order valence-corrected chi connectivity index (χ2v) is 3.68. The van der Waals surface area contributed by atoms with Crippen LogP contribution in [0.1, 0.15) is 30.3 Å². The van der Waals surface area contributed by atoms with Crippen molar-refractivity contribution >= 4 is 5.91 Å². The predicted molar refractivity (Wildman–Crippen MR) is 58.4 cm³/mol. The second kappa shape index (κ2) is 5.50. The van der Waals surface area contributed by atoms with Crippen molar-refractivity contribution < 1.29 is 4.79 Å². The van der Waals surface area contributed by atoms with Gasteiger partial charge in [0.25, 0.3) is 5.91 Å². The Morgan fingerprint density at radius 3 is 3.00 bits per heavy atom. The number of rotatable bonds is 5. The number of nitrogens with one attached hydrogen (secondary N) is 1. The molecule has 1 unspecified atom stereocenters. The number of amides is 1. The first-order chi connectivity index (χ1) is 7.13. The smallest absolute Gasteiger partial charge is 0.271 e. The summed E-state index contributed by atoms with van der Waals surface area (Å²) in [6.07, 6.45) is 5.23. The van der Waals surface area contributed by atoms with E-state index in [-0.39, 0.29) is 11.9 Å². The highest BCUT2D eigenvalue weighted by atomic mass is 16.1. The molecule has 1 rings (SSSR count). The van der Waals surface area contributed by atoms with Crippen LogP contribution in [0.3, 0.4) is 0 Å². The molecule has 0 saturated heterocycles. The van der Waals surface area contributed by atoms with E-state index in [1.165, 1.54) is 0 Å². The van der Waals surface area contributed by atoms with Gasteiger partial charge in [0, 0.05) is 25.8 Å². The molecule has 0 aromatic carbocycles. The number of hydrogen-bond acceptors (Lipinski definition) is 3. The van der Waals surface area contributed by atoms with E-state index in [9.17, 15) is 4.79 Å². The van der Waals surface area contributed by atoms with Gasteiger partial charge in [-0.25, -0.2) is 4.98 Å². The number of aryl methyl sites for hydroxylation is 1. The molecule has 0 saturated carbocycles. The summed E-state index contributed by atoms with van der Waals surface area (Å²) in [6, 6.07) is 0.0302. The number of aromatic nitrogens is 2. The molecule has 0 aliphatic carbocycles. The lowest BCUT2D eigenvalue weighted by molar-refractivity contribution is 0.0946. The lowest BCUT2D eigenvalue weighted by Gasteiger charge is -2.10. The van der Waals surface area contributed by atoms with E-state index < -0.39 is 0 Å². The molecule has 3 N–H and O–H groups in total. The van der Waals surface area contributed by atoms with Gasteiger partial charge in [0.05, 0.1) is 6.33 Å². The normalized spacial score (nSPS) is 12.5. The first kappa shape index (κ1) is 11.7. The fourth-order valence-corrected chi connectivity index (χ4v) is 1.32. The number of carbonyl (C=O) groups is 1. The van der Waals surface area contributed by atoms with Gasteiger partial charge in [-0.1, -0.05) is 13.3 Å². The molecule has 0 spiro atoms. The van der Waals surface area contributed by atoms with Gasteiger partial charge in [0.15, 0.2) is 0 Å². The molecular weight excluding hydrogens is 192 g/mol. The number of nitrogens with two attached hydrogens (primary N) is 1. The molecule has 1 heterocycles. The standard InChI is InChI=1S/C10H18N4O/c1-3-4-8(11)5-12-10(15)9-6-14(2)7-13-9/h6-8H,3-5,11H2,1-2H3,(H,12,15). The van der Waals surface area contributed by atoms with Crippen LogP contribution in [0.5, 0.6) is 0 Å². The molecule has 0 aliphatic heterocycles. The van der Waals surface area contributed by atoms with Crippen LogP contribution in [0.4, 0.5) is 0 Å². The van der Waals surface area contributed by atoms with Crippen LogP contribution in [-0.4, -0.2) is 28.0 Å². The van der Waals surface area contributed by atoms with E-state index in [2.05, 4.69) is 17.2 Å². The third kappa shape index (κ3) is 3.71. The first-order valence-corrected chi connectivity index (χ1v) is 5.15. The number of hydrogen-bond donors (Lipinski definition) is 2. The van der Waals surface area contributed by atoms with Crippen LogP contribution in [-0.2, 0) is 7.05 Å². The van der Waals surface area contributed by atoms with Gasteiger partial charge in [-0.15, -0.1) is 0 Å². The van der Waals surface area contributed by atoms with E-state index in [1.807, 2.05) is 7.05 Å². The summed E-state index contributed by atoms with van der Waals surface area (Å²) in [5.74, 6) is -0.165. The topological polar surface area (TPSA) is 72.9 Å². The lowest BCUT2D eigenvalue weighted by atomic mass is 10.2. The third-order valence-electron chi connectivity index (χ3n) is 2.12. The largest absolute Gasteiger partial charge is 0.349 e. The summed E-state index contributed by atoms with van der Waals surface area (Å²) >= 11 is 0. The monoisotopic (exact) mass is 210 g/mol. The van der Waals surface area contributed by atoms with Gasteiger partial charge in [-0.2, -0.15) is 0 Å². The Morgan fingerprint density at radius 1 is 1.73 bits per heavy atom. The van der Waals surface area contributed by atoms with Crippen molar-refractivity contribution in [2.45, 2.75) is 25.8 Å². The van der Waals surface area contributed by atoms with Crippen LogP contribution in [0.15, 0.2) is 12.5 Å². The molecule has 5 heteroatoms. The van der Waals surface area contributed by atoms with E-state index in [1.54, 1.807) is 17.1 Å². The molecule has 0 fully saturated rings. The zero-order valence-corrected chi connectivity index (χ0v) is 9.23. The molecule has 0 radical (unpaired) electrons. The molecule has 1 aromatic heterocycles. The highest BCUT2D eigenvalue weighted by Crippen LogP contribution is 1.95. The van der Waals surface area contributed by atoms with Crippen molar-refractivity contribution in [1.29, 1.82) is 0 Å². The van der Waals surface area contributed by atoms with E-state index in [0.29, 0.717) is 12.2 Å². The molecule has 5 nitrogen and oxygen atoms in total. The minimum atomic E-state index is -0.165. The minimum Gasteiger partial charge on any atom is -0.349 e. The zero-order valence-electron chi connectivity index (χ0n) is 9.23. The van der Waals surface area contributed by atoms with Gasteiger partial charge in [-0.05, 0) is 6.42 Å². The Balaban J connectivity index is 2.36. The quantitative estimate of drug-likeness (QED) is 0.733. The van der Waals surface area contributed by atoms with Crippen molar-refractivity contribution in [1.82, 2.24) is 14.9 Å². The number of nitrogens with zero attached hydrogens (tertiary/aromatic N) is 2. The van der Waals surface area contributed by atoms with Crippen LogP contribution < -0.4 is 11.1 Å². The van der Waals surface area contributed by atoms with Crippen molar-refractivity contribution in [2.24, 2.45) is 12.8 Å². The SMILES string of the molecule is CCCC(N)CNC(=O)c1cn(C)cn1. The van der Waals surface area contributed by atoms with Crippen molar-refractivity contribution in [3.63, 3.8) is 0 Å². The van der Waals surface area contributed by atoms with Crippen LogP contribution >= 0.6 is 0 Å². The van der Waals surface area contributed by atoms with E-state index in [4.69, 9.17) is 5.73 Å². The van der Waals surface area contributed by atoms with Gasteiger partial charge in [0.2, 0.25) is 0 Å². The van der Waals surface area contributed by atoms with Crippen molar-refractivity contribution in [3.8, 4) is 0 Å². The maximum atomic E-state index is 11.5. The highest BCUT2D eigenvalue weighted by Gasteiger charge is 2.09. The Morgan fingerprint density at radius 2 is 2.47 bits per heavy atom. The maximum absolute atomic E-state index is 11.5. The van der Waals surface area contributed by atoms with Gasteiger partial charge >= 0.3 is 0 Å². The van der Waals surface area contributed by atoms with E-state index >= 15 is 0 Å². The summed E-state index contributed by atoms with van der Waals surface area (Å²) in [5, 5.41) is 2.76. The third-order valence-corrected chi connectivity index (χ3v) is 2.12. The molecule has 84 valence electrons. The number of imidazole rings is 1. The molecule has 0 aliphatic rings. The fourth-order valence-electron chi connectivity index (χ4n) is 1.32. The predicted octanol–water partition coefficient (Wildman–Crippen LogP) is 0.277. The van der Waals surface area contributed by atoms with Gasteiger partial charge in [0.1, 0.15) is 5.69 Å². The number of carbonyl (C=O) groups excluding carboxylic acids is 1. The summed E-state index contributed by atoms with van der Waals surface area (Å²) in [4.78, 5) is 15.5. The zero-order chi connectivity index (χ0) is 11.3. The maximum Gasteiger partial charge on any atom is 0.271 e. The summed E-state index contributed by atoms with van der Waals surface area (Å²) in [5.41, 5.74) is 6.21. The second-order valence-electron chi connectivity index (χ2n) is 3.68. The van der Waals surface area contributed by atoms with E-state index in [0.717, 1.165) is 12.8 Å². The molecule has 1 amide bonds. The summed E-state index contributed by atoms with van der Waals surface area (Å²) in [6.45, 7) is 2.57. The van der Waals surface area contributed by atoms with Gasteiger partial charge < -0.3 is 15.6 Å². The summed E-state index contributed by atoms with van der Waals surface area (Å²) in [7, 11) is 1.83. The molecule has 0 bridgehead atoms. The molecular formula is C10H18N4O. The van der Waals surface area contributed by atoms with Gasteiger partial charge in [-0.3, -0.25) is 4.79 Å². The highest BCUT2D eigenvalue weighted by molar-refractivity contribution is 5.91. The minimum absolute atomic E-state index is 0.0302. The Hall–Kier alpha value is -1.36. The average molecular weight is 210 g/mol. The van der Waals surface area contributed by atoms with Crippen LogP contribution in [0, 0.1) is 0 Å². The summed E-state index contributed by atoms with van der Waals surface area (Å²) < 4.78 is 1.74. The van der Waals surface area contributed by atoms with Crippen LogP contribution in [0.2, 0.25) is 0 Å².